The fourth-order valence-corrected chi connectivity index (χ4v) is 3.11. The first-order valence-corrected chi connectivity index (χ1v) is 7.09. The molecule has 2 aliphatic heterocycles. The van der Waals surface area contributed by atoms with E-state index in [1.54, 1.807) is 0 Å². The summed E-state index contributed by atoms with van der Waals surface area (Å²) in [5.74, 6) is 1.09. The Morgan fingerprint density at radius 1 is 1.25 bits per heavy atom. The molecule has 1 aromatic rings. The van der Waals surface area contributed by atoms with Gasteiger partial charge in [0.1, 0.15) is 5.75 Å². The molecule has 1 fully saturated rings. The molecule has 3 rings (SSSR count). The molecule has 0 unspecified atom stereocenters. The maximum absolute atomic E-state index is 5.59. The number of ether oxygens (including phenoxy) is 1. The third kappa shape index (κ3) is 3.59. The molecule has 1 saturated heterocycles. The fourth-order valence-electron chi connectivity index (χ4n) is 3.11. The molecule has 114 valence electrons. The number of piperazine rings is 1. The van der Waals surface area contributed by atoms with Crippen LogP contribution in [0.25, 0.3) is 0 Å². The predicted octanol–water partition coefficient (Wildman–Crippen LogP) is 2.82. The number of benzene rings is 1. The lowest BCUT2D eigenvalue weighted by Gasteiger charge is -2.34. The third-order valence-corrected chi connectivity index (χ3v) is 4.08. The molecule has 0 aliphatic carbocycles. The Bertz CT molecular complexity index is 422. The molecule has 2 aliphatic rings. The highest BCUT2D eigenvalue weighted by Crippen LogP contribution is 2.31. The normalized spacial score (nSPS) is 19.2. The van der Waals surface area contributed by atoms with Crippen LogP contribution in [-0.2, 0) is 6.42 Å². The lowest BCUT2D eigenvalue weighted by Crippen LogP contribution is -2.45. The topological polar surface area (TPSA) is 24.5 Å². The maximum atomic E-state index is 5.59. The van der Waals surface area contributed by atoms with Crippen molar-refractivity contribution in [3.63, 3.8) is 0 Å². The number of halogens is 2. The van der Waals surface area contributed by atoms with Crippen LogP contribution in [0.15, 0.2) is 18.2 Å². The quantitative estimate of drug-likeness (QED) is 0.927. The number of hydrogen-bond donors (Lipinski definition) is 1. The molecule has 0 bridgehead atoms. The predicted molar refractivity (Wildman–Crippen MR) is 87.6 cm³/mol. The van der Waals surface area contributed by atoms with Crippen LogP contribution in [0.4, 0.5) is 0 Å². The largest absolute Gasteiger partial charge is 0.493 e. The zero-order valence-electron chi connectivity index (χ0n) is 11.9. The lowest BCUT2D eigenvalue weighted by molar-refractivity contribution is 0.169. The van der Waals surface area contributed by atoms with Gasteiger partial charge in [0.2, 0.25) is 0 Å². The third-order valence-electron chi connectivity index (χ3n) is 4.08. The summed E-state index contributed by atoms with van der Waals surface area (Å²) >= 11 is 0. The SMILES string of the molecule is CC[C@@H](c1ccc2c(c1)CCO2)N1CCNCC1.Cl.Cl. The standard InChI is InChI=1S/C15H22N2O.2ClH/c1-2-14(17-8-6-16-7-9-17)12-3-4-15-13(11-12)5-10-18-15;;/h3-4,11,14,16H,2,5-10H2,1H3;2*1H/t14-;;/m0../s1. The summed E-state index contributed by atoms with van der Waals surface area (Å²) in [4.78, 5) is 2.61. The van der Waals surface area contributed by atoms with E-state index in [9.17, 15) is 0 Å². The first kappa shape index (κ1) is 17.6. The summed E-state index contributed by atoms with van der Waals surface area (Å²) in [7, 11) is 0. The van der Waals surface area contributed by atoms with Crippen LogP contribution in [0, 0.1) is 0 Å². The highest BCUT2D eigenvalue weighted by molar-refractivity contribution is 5.85. The summed E-state index contributed by atoms with van der Waals surface area (Å²) in [6.07, 6.45) is 2.25. The van der Waals surface area contributed by atoms with E-state index >= 15 is 0 Å². The van der Waals surface area contributed by atoms with Crippen LogP contribution >= 0.6 is 24.8 Å². The minimum Gasteiger partial charge on any atom is -0.493 e. The average Bonchev–Trinajstić information content (AvgIpc) is 2.88. The molecule has 0 amide bonds. The number of rotatable bonds is 3. The minimum absolute atomic E-state index is 0. The van der Waals surface area contributed by atoms with Gasteiger partial charge < -0.3 is 10.1 Å². The van der Waals surface area contributed by atoms with Crippen LogP contribution in [-0.4, -0.2) is 37.7 Å². The van der Waals surface area contributed by atoms with Crippen molar-refractivity contribution in [1.82, 2.24) is 10.2 Å². The van der Waals surface area contributed by atoms with Gasteiger partial charge in [0.15, 0.2) is 0 Å². The van der Waals surface area contributed by atoms with E-state index in [1.807, 2.05) is 0 Å². The van der Waals surface area contributed by atoms with Gasteiger partial charge in [0.05, 0.1) is 6.61 Å². The highest BCUT2D eigenvalue weighted by Gasteiger charge is 2.22. The molecule has 0 saturated carbocycles. The van der Waals surface area contributed by atoms with Crippen molar-refractivity contribution >= 4 is 24.8 Å². The van der Waals surface area contributed by atoms with Crippen LogP contribution in [0.3, 0.4) is 0 Å². The Hall–Kier alpha value is -0.480. The lowest BCUT2D eigenvalue weighted by atomic mass is 9.99. The summed E-state index contributed by atoms with van der Waals surface area (Å²) in [6, 6.07) is 7.33. The maximum Gasteiger partial charge on any atom is 0.122 e. The number of nitrogens with zero attached hydrogens (tertiary/aromatic N) is 1. The monoisotopic (exact) mass is 318 g/mol. The summed E-state index contributed by atoms with van der Waals surface area (Å²) < 4.78 is 5.59. The number of nitrogens with one attached hydrogen (secondary N) is 1. The molecule has 1 aromatic carbocycles. The second-order valence-corrected chi connectivity index (χ2v) is 5.18. The second kappa shape index (κ2) is 8.08. The summed E-state index contributed by atoms with van der Waals surface area (Å²) in [6.45, 7) is 7.69. The van der Waals surface area contributed by atoms with Gasteiger partial charge in [-0.25, -0.2) is 0 Å². The first-order valence-electron chi connectivity index (χ1n) is 7.09. The van der Waals surface area contributed by atoms with Crippen LogP contribution in [0.2, 0.25) is 0 Å². The van der Waals surface area contributed by atoms with Crippen molar-refractivity contribution in [2.24, 2.45) is 0 Å². The van der Waals surface area contributed by atoms with Crippen molar-refractivity contribution < 1.29 is 4.74 Å². The Morgan fingerprint density at radius 3 is 2.70 bits per heavy atom. The van der Waals surface area contributed by atoms with E-state index in [0.717, 1.165) is 45.0 Å². The van der Waals surface area contributed by atoms with Gasteiger partial charge in [0, 0.05) is 38.6 Å². The van der Waals surface area contributed by atoms with Gasteiger partial charge >= 0.3 is 0 Å². The zero-order valence-corrected chi connectivity index (χ0v) is 13.6. The van der Waals surface area contributed by atoms with E-state index in [2.05, 4.69) is 35.3 Å². The van der Waals surface area contributed by atoms with E-state index in [0.29, 0.717) is 6.04 Å². The molecule has 0 aromatic heterocycles. The van der Waals surface area contributed by atoms with Gasteiger partial charge in [0.25, 0.3) is 0 Å². The van der Waals surface area contributed by atoms with E-state index < -0.39 is 0 Å². The van der Waals surface area contributed by atoms with Crippen LogP contribution in [0.5, 0.6) is 5.75 Å². The van der Waals surface area contributed by atoms with Crippen molar-refractivity contribution in [3.05, 3.63) is 29.3 Å². The molecule has 2 heterocycles. The Kier molecular flexibility index (Phi) is 7.10. The smallest absolute Gasteiger partial charge is 0.122 e. The zero-order chi connectivity index (χ0) is 12.4. The van der Waals surface area contributed by atoms with Crippen molar-refractivity contribution in [1.29, 1.82) is 0 Å². The molecule has 0 spiro atoms. The molecular formula is C15H24Cl2N2O. The summed E-state index contributed by atoms with van der Waals surface area (Å²) in [5, 5.41) is 3.43. The Labute approximate surface area is 133 Å². The van der Waals surface area contributed by atoms with Crippen LogP contribution < -0.4 is 10.1 Å². The van der Waals surface area contributed by atoms with Crippen molar-refractivity contribution in [2.45, 2.75) is 25.8 Å². The Morgan fingerprint density at radius 2 is 2.00 bits per heavy atom. The van der Waals surface area contributed by atoms with Gasteiger partial charge in [-0.3, -0.25) is 4.90 Å². The van der Waals surface area contributed by atoms with E-state index in [1.165, 1.54) is 17.5 Å². The molecule has 0 radical (unpaired) electrons. The highest BCUT2D eigenvalue weighted by atomic mass is 35.5. The van der Waals surface area contributed by atoms with Crippen molar-refractivity contribution in [2.75, 3.05) is 32.8 Å². The number of hydrogen-bond acceptors (Lipinski definition) is 3. The molecule has 1 N–H and O–H groups in total. The van der Waals surface area contributed by atoms with Crippen LogP contribution in [0.1, 0.15) is 30.5 Å². The molecular weight excluding hydrogens is 295 g/mol. The van der Waals surface area contributed by atoms with Gasteiger partial charge in [-0.15, -0.1) is 24.8 Å². The van der Waals surface area contributed by atoms with Gasteiger partial charge in [-0.1, -0.05) is 19.1 Å². The summed E-state index contributed by atoms with van der Waals surface area (Å²) in [5.41, 5.74) is 2.85. The fraction of sp³-hybridized carbons (Fsp3) is 0.600. The molecule has 5 heteroatoms. The minimum atomic E-state index is 0. The van der Waals surface area contributed by atoms with E-state index in [4.69, 9.17) is 4.74 Å². The first-order chi connectivity index (χ1) is 8.88. The molecule has 20 heavy (non-hydrogen) atoms. The van der Waals surface area contributed by atoms with Gasteiger partial charge in [-0.05, 0) is 23.6 Å². The number of fused-ring (bicyclic) bond motifs is 1. The molecule has 3 nitrogen and oxygen atoms in total. The van der Waals surface area contributed by atoms with Gasteiger partial charge in [-0.2, -0.15) is 0 Å². The van der Waals surface area contributed by atoms with E-state index in [-0.39, 0.29) is 24.8 Å². The molecule has 1 atom stereocenters. The average molecular weight is 319 g/mol. The van der Waals surface area contributed by atoms with Crippen molar-refractivity contribution in [3.8, 4) is 5.75 Å². The Balaban J connectivity index is 0.000001000. The second-order valence-electron chi connectivity index (χ2n) is 5.18.